The van der Waals surface area contributed by atoms with E-state index in [0.717, 1.165) is 12.3 Å². The van der Waals surface area contributed by atoms with Crippen molar-refractivity contribution in [2.45, 2.75) is 43.8 Å². The molecule has 0 bridgehead atoms. The van der Waals surface area contributed by atoms with Gasteiger partial charge in [0.15, 0.2) is 5.60 Å². The lowest BCUT2D eigenvalue weighted by Crippen LogP contribution is -2.45. The summed E-state index contributed by atoms with van der Waals surface area (Å²) in [7, 11) is 0. The second-order valence-corrected chi connectivity index (χ2v) is 10.7. The van der Waals surface area contributed by atoms with Crippen molar-refractivity contribution in [2.75, 3.05) is 11.4 Å². The van der Waals surface area contributed by atoms with Gasteiger partial charge in [0.25, 0.3) is 18.2 Å². The highest BCUT2D eigenvalue weighted by Gasteiger charge is 2.52. The molecule has 0 saturated heterocycles. The van der Waals surface area contributed by atoms with E-state index in [4.69, 9.17) is 23.2 Å². The van der Waals surface area contributed by atoms with Crippen LogP contribution in [-0.2, 0) is 10.4 Å². The van der Waals surface area contributed by atoms with Gasteiger partial charge in [-0.3, -0.25) is 14.6 Å². The number of hydrogen-bond donors (Lipinski definition) is 2. The predicted molar refractivity (Wildman–Crippen MR) is 141 cm³/mol. The van der Waals surface area contributed by atoms with Crippen molar-refractivity contribution in [1.29, 1.82) is 0 Å². The molecule has 5 rings (SSSR count). The van der Waals surface area contributed by atoms with Crippen LogP contribution in [0, 0.1) is 11.7 Å². The number of para-hydroxylation sites is 1. The number of hydrogen-bond acceptors (Lipinski definition) is 4. The third-order valence-electron chi connectivity index (χ3n) is 7.42. The number of anilines is 1. The van der Waals surface area contributed by atoms with Crippen molar-refractivity contribution in [3.05, 3.63) is 93.0 Å². The minimum Gasteiger partial charge on any atom is -0.372 e. The molecule has 1 aromatic heterocycles. The molecule has 1 unspecified atom stereocenters. The van der Waals surface area contributed by atoms with Crippen molar-refractivity contribution in [3.63, 3.8) is 0 Å². The van der Waals surface area contributed by atoms with Crippen LogP contribution in [-0.4, -0.2) is 34.5 Å². The largest absolute Gasteiger partial charge is 0.372 e. The van der Waals surface area contributed by atoms with Gasteiger partial charge in [-0.2, -0.15) is 0 Å². The Morgan fingerprint density at radius 1 is 1.08 bits per heavy atom. The molecule has 2 aliphatic rings. The third kappa shape index (κ3) is 5.11. The SMILES string of the molecule is O=C(N[C@H]1CC[C@H](CN2C(=O)C(O)(c3cc(Cl)ccc3F)c3ccccc32)CC1)c1cc(Cl)cnc1C(F)F. The molecule has 0 radical (unpaired) electrons. The summed E-state index contributed by atoms with van der Waals surface area (Å²) in [4.78, 5) is 31.4. The Balaban J connectivity index is 1.29. The molecule has 1 atom stereocenters. The van der Waals surface area contributed by atoms with Crippen molar-refractivity contribution in [2.24, 2.45) is 5.92 Å². The fourth-order valence-corrected chi connectivity index (χ4v) is 5.80. The van der Waals surface area contributed by atoms with E-state index in [-0.39, 0.29) is 45.2 Å². The third-order valence-corrected chi connectivity index (χ3v) is 7.86. The summed E-state index contributed by atoms with van der Waals surface area (Å²) in [6.07, 6.45) is 0.548. The number of aliphatic hydroxyl groups is 1. The molecule has 6 nitrogen and oxygen atoms in total. The fraction of sp³-hybridized carbons (Fsp3) is 0.321. The quantitative estimate of drug-likeness (QED) is 0.374. The summed E-state index contributed by atoms with van der Waals surface area (Å²) >= 11 is 11.9. The molecule has 1 aliphatic heterocycles. The zero-order chi connectivity index (χ0) is 27.9. The Morgan fingerprint density at radius 3 is 2.51 bits per heavy atom. The molecule has 1 fully saturated rings. The average Bonchev–Trinajstić information content (AvgIpc) is 3.13. The number of fused-ring (bicyclic) bond motifs is 1. The first-order valence-electron chi connectivity index (χ1n) is 12.4. The van der Waals surface area contributed by atoms with E-state index in [9.17, 15) is 27.9 Å². The molecule has 2 heterocycles. The number of carbonyl (C=O) groups is 2. The Kier molecular flexibility index (Phi) is 7.59. The van der Waals surface area contributed by atoms with Crippen LogP contribution in [0.5, 0.6) is 0 Å². The molecule has 0 spiro atoms. The number of nitrogens with zero attached hydrogens (tertiary/aromatic N) is 2. The van der Waals surface area contributed by atoms with Gasteiger partial charge in [0.1, 0.15) is 11.5 Å². The number of pyridine rings is 1. The lowest BCUT2D eigenvalue weighted by Gasteiger charge is -2.32. The number of halogens is 5. The van der Waals surface area contributed by atoms with E-state index in [1.165, 1.54) is 23.1 Å². The maximum Gasteiger partial charge on any atom is 0.281 e. The number of amides is 2. The van der Waals surface area contributed by atoms with E-state index in [2.05, 4.69) is 10.3 Å². The van der Waals surface area contributed by atoms with Gasteiger partial charge in [-0.05, 0) is 61.9 Å². The monoisotopic (exact) mass is 577 g/mol. The highest BCUT2D eigenvalue weighted by Crippen LogP contribution is 2.46. The molecule has 2 amide bonds. The maximum absolute atomic E-state index is 14.8. The summed E-state index contributed by atoms with van der Waals surface area (Å²) in [6.45, 7) is 0.286. The highest BCUT2D eigenvalue weighted by atomic mass is 35.5. The molecule has 1 saturated carbocycles. The van der Waals surface area contributed by atoms with Crippen LogP contribution in [0.2, 0.25) is 10.0 Å². The number of nitrogens with one attached hydrogen (secondary N) is 1. The van der Waals surface area contributed by atoms with Gasteiger partial charge < -0.3 is 15.3 Å². The minimum absolute atomic E-state index is 0.0335. The first-order chi connectivity index (χ1) is 18.6. The lowest BCUT2D eigenvalue weighted by molar-refractivity contribution is -0.132. The topological polar surface area (TPSA) is 82.5 Å². The molecule has 204 valence electrons. The Bertz CT molecular complexity index is 1430. The molecule has 2 aromatic carbocycles. The summed E-state index contributed by atoms with van der Waals surface area (Å²) in [6, 6.07) is 11.4. The van der Waals surface area contributed by atoms with Gasteiger partial charge in [-0.15, -0.1) is 0 Å². The van der Waals surface area contributed by atoms with E-state index in [1.54, 1.807) is 24.3 Å². The van der Waals surface area contributed by atoms with Crippen molar-refractivity contribution >= 4 is 40.7 Å². The Morgan fingerprint density at radius 2 is 1.79 bits per heavy atom. The number of carbonyl (C=O) groups excluding carboxylic acids is 2. The van der Waals surface area contributed by atoms with E-state index >= 15 is 0 Å². The summed E-state index contributed by atoms with van der Waals surface area (Å²) in [5, 5.41) is 14.7. The Hall–Kier alpha value is -3.14. The molecule has 1 aliphatic carbocycles. The zero-order valence-electron chi connectivity index (χ0n) is 20.5. The summed E-state index contributed by atoms with van der Waals surface area (Å²) in [5.74, 6) is -2.03. The van der Waals surface area contributed by atoms with Gasteiger partial charge >= 0.3 is 0 Å². The first-order valence-corrected chi connectivity index (χ1v) is 13.2. The predicted octanol–water partition coefficient (Wildman–Crippen LogP) is 6.04. The zero-order valence-corrected chi connectivity index (χ0v) is 22.0. The van der Waals surface area contributed by atoms with Gasteiger partial charge in [0.2, 0.25) is 0 Å². The number of rotatable bonds is 6. The number of benzene rings is 2. The lowest BCUT2D eigenvalue weighted by atomic mass is 9.85. The fourth-order valence-electron chi connectivity index (χ4n) is 5.47. The van der Waals surface area contributed by atoms with Gasteiger partial charge in [-0.1, -0.05) is 41.4 Å². The van der Waals surface area contributed by atoms with Crippen LogP contribution in [0.1, 0.15) is 59.3 Å². The summed E-state index contributed by atoms with van der Waals surface area (Å²) in [5.41, 5.74) is -2.54. The normalized spacial score (nSPS) is 22.7. The maximum atomic E-state index is 14.8. The van der Waals surface area contributed by atoms with Crippen molar-refractivity contribution in [3.8, 4) is 0 Å². The molecule has 11 heteroatoms. The van der Waals surface area contributed by atoms with Crippen LogP contribution in [0.25, 0.3) is 0 Å². The number of alkyl halides is 2. The van der Waals surface area contributed by atoms with Crippen molar-refractivity contribution in [1.82, 2.24) is 10.3 Å². The van der Waals surface area contributed by atoms with Crippen LogP contribution < -0.4 is 10.2 Å². The standard InChI is InChI=1S/C28H24Cl2F3N3O3/c29-16-7-10-22(31)21(12-16)28(39)20-3-1-2-4-23(20)36(27(28)38)14-15-5-8-18(9-6-15)35-26(37)19-11-17(30)13-34-24(19)25(32)33/h1-4,7,10-13,15,18,25,39H,5-6,8-9,14H2,(H,35,37)/t15-,18-,28?. The van der Waals surface area contributed by atoms with Crippen LogP contribution in [0.4, 0.5) is 18.9 Å². The van der Waals surface area contributed by atoms with Crippen LogP contribution in [0.15, 0.2) is 54.7 Å². The molecular formula is C28H24Cl2F3N3O3. The van der Waals surface area contributed by atoms with Gasteiger partial charge in [-0.25, -0.2) is 13.2 Å². The van der Waals surface area contributed by atoms with Crippen molar-refractivity contribution < 1.29 is 27.9 Å². The van der Waals surface area contributed by atoms with Gasteiger partial charge in [0.05, 0.1) is 16.3 Å². The van der Waals surface area contributed by atoms with E-state index in [0.29, 0.717) is 31.4 Å². The second-order valence-electron chi connectivity index (χ2n) is 9.85. The molecule has 2 N–H and O–H groups in total. The van der Waals surface area contributed by atoms with Gasteiger partial charge in [0, 0.05) is 34.9 Å². The Labute approximate surface area is 232 Å². The van der Waals surface area contributed by atoms with Crippen LogP contribution >= 0.6 is 23.2 Å². The second kappa shape index (κ2) is 10.8. The van der Waals surface area contributed by atoms with E-state index < -0.39 is 35.4 Å². The molecule has 39 heavy (non-hydrogen) atoms. The first kappa shape index (κ1) is 27.4. The number of aromatic nitrogens is 1. The highest BCUT2D eigenvalue weighted by molar-refractivity contribution is 6.31. The van der Waals surface area contributed by atoms with E-state index in [1.807, 2.05) is 0 Å². The summed E-state index contributed by atoms with van der Waals surface area (Å²) < 4.78 is 41.4. The van der Waals surface area contributed by atoms with Crippen LogP contribution in [0.3, 0.4) is 0 Å². The minimum atomic E-state index is -2.92. The smallest absolute Gasteiger partial charge is 0.281 e. The average molecular weight is 578 g/mol. The molecular weight excluding hydrogens is 554 g/mol. The molecule has 3 aromatic rings.